The highest BCUT2D eigenvalue weighted by atomic mass is 16.2. The van der Waals surface area contributed by atoms with Gasteiger partial charge in [0.25, 0.3) is 11.8 Å². The van der Waals surface area contributed by atoms with Crippen LogP contribution >= 0.6 is 0 Å². The van der Waals surface area contributed by atoms with Gasteiger partial charge in [0, 0.05) is 11.4 Å². The summed E-state index contributed by atoms with van der Waals surface area (Å²) in [6.07, 6.45) is 1.73. The number of hydrogen-bond acceptors (Lipinski definition) is 2. The zero-order valence-electron chi connectivity index (χ0n) is 16.7. The topological polar surface area (TPSA) is 62.6 Å². The lowest BCUT2D eigenvalue weighted by Crippen LogP contribution is -3.11. The number of quaternary nitrogens is 1. The average molecular weight is 369 g/mol. The number of benzene rings is 2. The van der Waals surface area contributed by atoms with Crippen LogP contribution in [0.25, 0.3) is 0 Å². The van der Waals surface area contributed by atoms with Crippen molar-refractivity contribution in [2.45, 2.75) is 33.6 Å². The molecule has 1 unspecified atom stereocenters. The lowest BCUT2D eigenvalue weighted by molar-refractivity contribution is -0.862. The Balaban J connectivity index is 1.90. The van der Waals surface area contributed by atoms with Crippen LogP contribution in [-0.4, -0.2) is 32.0 Å². The Morgan fingerprint density at radius 2 is 1.37 bits per heavy atom. The van der Waals surface area contributed by atoms with Crippen LogP contribution in [0.4, 0.5) is 11.4 Å². The van der Waals surface area contributed by atoms with Crippen LogP contribution in [0.1, 0.15) is 30.5 Å². The number of amides is 2. The van der Waals surface area contributed by atoms with Gasteiger partial charge >= 0.3 is 0 Å². The number of carbonyl (C=O) groups is 2. The first kappa shape index (κ1) is 20.6. The second-order valence-electron chi connectivity index (χ2n) is 6.93. The van der Waals surface area contributed by atoms with E-state index < -0.39 is 0 Å². The van der Waals surface area contributed by atoms with E-state index >= 15 is 0 Å². The zero-order chi connectivity index (χ0) is 19.8. The van der Waals surface area contributed by atoms with Crippen LogP contribution in [-0.2, 0) is 22.4 Å². The standard InChI is InChI=1S/C22H29N3O2/c1-5-17-8-7-9-18(6-2)22(17)24-21(27)15-25(4)14-20(26)23-19-12-10-16(3)11-13-19/h7-13H,5-6,14-15H2,1-4H3,(H,23,26)(H,24,27)/p+1. The summed E-state index contributed by atoms with van der Waals surface area (Å²) in [7, 11) is 1.85. The number of para-hydroxylation sites is 1. The molecule has 0 aliphatic carbocycles. The third kappa shape index (κ3) is 6.22. The Kier molecular flexibility index (Phi) is 7.55. The Labute approximate surface area is 161 Å². The van der Waals surface area contributed by atoms with Gasteiger partial charge in [0.1, 0.15) is 0 Å². The predicted octanol–water partition coefficient (Wildman–Crippen LogP) is 2.21. The van der Waals surface area contributed by atoms with E-state index in [2.05, 4.69) is 24.5 Å². The molecule has 0 heterocycles. The first-order valence-electron chi connectivity index (χ1n) is 9.51. The van der Waals surface area contributed by atoms with Gasteiger partial charge in [0.2, 0.25) is 0 Å². The number of aryl methyl sites for hydroxylation is 3. The molecule has 2 aromatic rings. The molecule has 5 heteroatoms. The SMILES string of the molecule is CCc1cccc(CC)c1NC(=O)C[NH+](C)CC(=O)Nc1ccc(C)cc1. The molecule has 0 saturated heterocycles. The summed E-state index contributed by atoms with van der Waals surface area (Å²) in [5.74, 6) is -0.182. The molecule has 2 aromatic carbocycles. The van der Waals surface area contributed by atoms with E-state index in [1.807, 2.05) is 56.4 Å². The fourth-order valence-corrected chi connectivity index (χ4v) is 3.04. The normalized spacial score (nSPS) is 11.7. The lowest BCUT2D eigenvalue weighted by atomic mass is 10.0. The van der Waals surface area contributed by atoms with Crippen LogP contribution in [0.15, 0.2) is 42.5 Å². The summed E-state index contributed by atoms with van der Waals surface area (Å²) in [5, 5.41) is 5.92. The summed E-state index contributed by atoms with van der Waals surface area (Å²) in [4.78, 5) is 25.5. The Hall–Kier alpha value is -2.66. The molecule has 1 atom stereocenters. The maximum atomic E-state index is 12.5. The van der Waals surface area contributed by atoms with Crippen molar-refractivity contribution in [2.24, 2.45) is 0 Å². The van der Waals surface area contributed by atoms with E-state index in [0.717, 1.165) is 45.8 Å². The van der Waals surface area contributed by atoms with Crippen molar-refractivity contribution in [2.75, 3.05) is 30.8 Å². The largest absolute Gasteiger partial charge is 0.322 e. The Bertz CT molecular complexity index is 762. The molecule has 0 aromatic heterocycles. The van der Waals surface area contributed by atoms with Crippen molar-refractivity contribution < 1.29 is 14.5 Å². The first-order chi connectivity index (χ1) is 12.9. The van der Waals surface area contributed by atoms with Gasteiger partial charge in [-0.3, -0.25) is 9.59 Å². The fraction of sp³-hybridized carbons (Fsp3) is 0.364. The summed E-state index contributed by atoms with van der Waals surface area (Å²) in [6.45, 7) is 6.64. The molecule has 0 saturated carbocycles. The molecule has 144 valence electrons. The van der Waals surface area contributed by atoms with Gasteiger partial charge in [-0.1, -0.05) is 49.7 Å². The van der Waals surface area contributed by atoms with Crippen molar-refractivity contribution in [1.82, 2.24) is 0 Å². The number of carbonyl (C=O) groups excluding carboxylic acids is 2. The number of hydrogen-bond donors (Lipinski definition) is 3. The zero-order valence-corrected chi connectivity index (χ0v) is 16.7. The highest BCUT2D eigenvalue weighted by Crippen LogP contribution is 2.22. The molecular formula is C22H30N3O2+. The van der Waals surface area contributed by atoms with E-state index in [1.54, 1.807) is 0 Å². The number of nitrogens with one attached hydrogen (secondary N) is 3. The van der Waals surface area contributed by atoms with Crippen molar-refractivity contribution in [3.8, 4) is 0 Å². The third-order valence-corrected chi connectivity index (χ3v) is 4.52. The molecule has 2 rings (SSSR count). The smallest absolute Gasteiger partial charge is 0.279 e. The van der Waals surface area contributed by atoms with Crippen LogP contribution in [0, 0.1) is 6.92 Å². The van der Waals surface area contributed by atoms with Crippen molar-refractivity contribution in [3.05, 3.63) is 59.2 Å². The monoisotopic (exact) mass is 368 g/mol. The molecule has 3 N–H and O–H groups in total. The van der Waals surface area contributed by atoms with E-state index in [0.29, 0.717) is 0 Å². The van der Waals surface area contributed by atoms with E-state index in [-0.39, 0.29) is 24.9 Å². The molecule has 0 spiro atoms. The van der Waals surface area contributed by atoms with E-state index in [4.69, 9.17) is 0 Å². The molecule has 2 amide bonds. The Morgan fingerprint density at radius 3 is 1.89 bits per heavy atom. The maximum absolute atomic E-state index is 12.5. The van der Waals surface area contributed by atoms with Crippen LogP contribution in [0.3, 0.4) is 0 Å². The number of likely N-dealkylation sites (N-methyl/N-ethyl adjacent to an activating group) is 1. The molecule has 0 fully saturated rings. The first-order valence-corrected chi connectivity index (χ1v) is 9.51. The highest BCUT2D eigenvalue weighted by molar-refractivity contribution is 5.94. The molecule has 0 aliphatic rings. The summed E-state index contributed by atoms with van der Waals surface area (Å²) >= 11 is 0. The minimum Gasteiger partial charge on any atom is -0.322 e. The van der Waals surface area contributed by atoms with Crippen molar-refractivity contribution in [3.63, 3.8) is 0 Å². The van der Waals surface area contributed by atoms with Crippen molar-refractivity contribution in [1.29, 1.82) is 0 Å². The summed E-state index contributed by atoms with van der Waals surface area (Å²) in [6, 6.07) is 13.8. The molecule has 0 radical (unpaired) electrons. The molecule has 27 heavy (non-hydrogen) atoms. The van der Waals surface area contributed by atoms with Crippen LogP contribution < -0.4 is 15.5 Å². The average Bonchev–Trinajstić information content (AvgIpc) is 2.63. The number of rotatable bonds is 8. The predicted molar refractivity (Wildman–Crippen MR) is 110 cm³/mol. The lowest BCUT2D eigenvalue weighted by Gasteiger charge is -2.17. The molecule has 0 bridgehead atoms. The van der Waals surface area contributed by atoms with Gasteiger partial charge in [-0.25, -0.2) is 0 Å². The minimum absolute atomic E-state index is 0.0776. The minimum atomic E-state index is -0.104. The summed E-state index contributed by atoms with van der Waals surface area (Å²) in [5.41, 5.74) is 5.11. The molecule has 5 nitrogen and oxygen atoms in total. The van der Waals surface area contributed by atoms with Crippen LogP contribution in [0.5, 0.6) is 0 Å². The maximum Gasteiger partial charge on any atom is 0.279 e. The van der Waals surface area contributed by atoms with Gasteiger partial charge in [-0.15, -0.1) is 0 Å². The molecule has 0 aliphatic heterocycles. The van der Waals surface area contributed by atoms with Gasteiger partial charge in [0.15, 0.2) is 13.1 Å². The second-order valence-corrected chi connectivity index (χ2v) is 6.93. The van der Waals surface area contributed by atoms with Gasteiger partial charge in [0.05, 0.1) is 7.05 Å². The highest BCUT2D eigenvalue weighted by Gasteiger charge is 2.16. The number of anilines is 2. The fourth-order valence-electron chi connectivity index (χ4n) is 3.04. The van der Waals surface area contributed by atoms with Gasteiger partial charge in [-0.2, -0.15) is 0 Å². The van der Waals surface area contributed by atoms with Gasteiger partial charge in [-0.05, 0) is 43.0 Å². The van der Waals surface area contributed by atoms with E-state index in [1.165, 1.54) is 0 Å². The molecular weight excluding hydrogens is 338 g/mol. The third-order valence-electron chi connectivity index (χ3n) is 4.52. The van der Waals surface area contributed by atoms with Crippen molar-refractivity contribution >= 4 is 23.2 Å². The summed E-state index contributed by atoms with van der Waals surface area (Å²) < 4.78 is 0. The quantitative estimate of drug-likeness (QED) is 0.669. The van der Waals surface area contributed by atoms with E-state index in [9.17, 15) is 9.59 Å². The van der Waals surface area contributed by atoms with Crippen LogP contribution in [0.2, 0.25) is 0 Å². The second kappa shape index (κ2) is 9.88. The van der Waals surface area contributed by atoms with Gasteiger partial charge < -0.3 is 15.5 Å². The Morgan fingerprint density at radius 1 is 0.852 bits per heavy atom.